The average Bonchev–Trinajstić information content (AvgIpc) is 3.41. The molecule has 2 N–H and O–H groups in total. The molecule has 144 valence electrons. The van der Waals surface area contributed by atoms with Gasteiger partial charge >= 0.3 is 0 Å². The maximum absolute atomic E-state index is 13.0. The summed E-state index contributed by atoms with van der Waals surface area (Å²) < 4.78 is 5.24. The highest BCUT2D eigenvalue weighted by Gasteiger charge is 2.31. The van der Waals surface area contributed by atoms with Crippen molar-refractivity contribution in [3.05, 3.63) is 66.7 Å². The number of nitrogens with zero attached hydrogens (tertiary/aromatic N) is 2. The Hall–Kier alpha value is -3.12. The Labute approximate surface area is 164 Å². The Kier molecular flexibility index (Phi) is 5.39. The van der Waals surface area contributed by atoms with E-state index in [1.54, 1.807) is 13.3 Å². The predicted molar refractivity (Wildman–Crippen MR) is 109 cm³/mol. The second-order valence-corrected chi connectivity index (χ2v) is 6.93. The highest BCUT2D eigenvalue weighted by atomic mass is 16.5. The van der Waals surface area contributed by atoms with E-state index in [0.717, 1.165) is 47.8 Å². The van der Waals surface area contributed by atoms with Crippen LogP contribution in [0.15, 0.2) is 60.9 Å². The van der Waals surface area contributed by atoms with Gasteiger partial charge < -0.3 is 15.0 Å². The van der Waals surface area contributed by atoms with Crippen LogP contribution in [0.5, 0.6) is 5.75 Å². The Morgan fingerprint density at radius 3 is 2.82 bits per heavy atom. The average molecular weight is 376 g/mol. The van der Waals surface area contributed by atoms with Gasteiger partial charge in [0.25, 0.3) is 0 Å². The minimum Gasteiger partial charge on any atom is -0.497 e. The molecule has 1 atom stereocenters. The Morgan fingerprint density at radius 1 is 1.25 bits per heavy atom. The van der Waals surface area contributed by atoms with Gasteiger partial charge in [0, 0.05) is 23.6 Å². The van der Waals surface area contributed by atoms with Crippen LogP contribution in [0.2, 0.25) is 0 Å². The van der Waals surface area contributed by atoms with Gasteiger partial charge in [-0.1, -0.05) is 30.3 Å². The standard InChI is InChI=1S/C22H24N4O2/c1-28-17-10-8-16(9-11-17)18-5-2-3-6-19(18)25-22(27)20-7-4-14-26(20)15-21-23-12-13-24-21/h2-3,5-6,8-13,20H,4,7,14-15H2,1H3,(H,23,24)(H,25,27)/t20-/m0/s1. The van der Waals surface area contributed by atoms with Gasteiger partial charge in [0.05, 0.1) is 19.7 Å². The number of likely N-dealkylation sites (tertiary alicyclic amines) is 1. The summed E-state index contributed by atoms with van der Waals surface area (Å²) in [7, 11) is 1.65. The zero-order valence-corrected chi connectivity index (χ0v) is 15.9. The molecule has 0 spiro atoms. The topological polar surface area (TPSA) is 70.2 Å². The summed E-state index contributed by atoms with van der Waals surface area (Å²) in [6, 6.07) is 15.6. The van der Waals surface area contributed by atoms with E-state index >= 15 is 0 Å². The first kappa shape index (κ1) is 18.3. The van der Waals surface area contributed by atoms with E-state index in [4.69, 9.17) is 4.74 Å². The molecule has 3 aromatic rings. The molecular weight excluding hydrogens is 352 g/mol. The summed E-state index contributed by atoms with van der Waals surface area (Å²) >= 11 is 0. The lowest BCUT2D eigenvalue weighted by Gasteiger charge is -2.23. The third kappa shape index (κ3) is 3.92. The van der Waals surface area contributed by atoms with Crippen LogP contribution >= 0.6 is 0 Å². The number of anilines is 1. The number of aromatic amines is 1. The Morgan fingerprint density at radius 2 is 2.07 bits per heavy atom. The SMILES string of the molecule is COc1ccc(-c2ccccc2NC(=O)[C@@H]2CCCN2Cc2ncc[nH]2)cc1. The Balaban J connectivity index is 1.51. The molecule has 1 aliphatic rings. The molecule has 0 saturated carbocycles. The molecular formula is C22H24N4O2. The molecule has 1 amide bonds. The quantitative estimate of drug-likeness (QED) is 0.688. The van der Waals surface area contributed by atoms with Gasteiger partial charge in [0.1, 0.15) is 11.6 Å². The molecule has 1 saturated heterocycles. The van der Waals surface area contributed by atoms with E-state index in [9.17, 15) is 4.79 Å². The van der Waals surface area contributed by atoms with Gasteiger partial charge in [-0.25, -0.2) is 4.98 Å². The maximum Gasteiger partial charge on any atom is 0.241 e. The van der Waals surface area contributed by atoms with Crippen molar-refractivity contribution < 1.29 is 9.53 Å². The number of H-pyrrole nitrogens is 1. The van der Waals surface area contributed by atoms with Gasteiger partial charge in [0.2, 0.25) is 5.91 Å². The number of hydrogen-bond donors (Lipinski definition) is 2. The second-order valence-electron chi connectivity index (χ2n) is 6.93. The summed E-state index contributed by atoms with van der Waals surface area (Å²) in [5.74, 6) is 1.73. The molecule has 1 aliphatic heterocycles. The molecule has 28 heavy (non-hydrogen) atoms. The minimum absolute atomic E-state index is 0.0324. The largest absolute Gasteiger partial charge is 0.497 e. The van der Waals surface area contributed by atoms with Crippen LogP contribution in [0.4, 0.5) is 5.69 Å². The normalized spacial score (nSPS) is 16.8. The van der Waals surface area contributed by atoms with Crippen molar-refractivity contribution in [2.45, 2.75) is 25.4 Å². The number of benzene rings is 2. The zero-order valence-electron chi connectivity index (χ0n) is 15.9. The lowest BCUT2D eigenvalue weighted by molar-refractivity contribution is -0.120. The van der Waals surface area contributed by atoms with Crippen LogP contribution in [0.3, 0.4) is 0 Å². The number of carbonyl (C=O) groups excluding carboxylic acids is 1. The van der Waals surface area contributed by atoms with Crippen LogP contribution in [-0.2, 0) is 11.3 Å². The summed E-state index contributed by atoms with van der Waals surface area (Å²) in [4.78, 5) is 22.6. The van der Waals surface area contributed by atoms with Gasteiger partial charge in [-0.2, -0.15) is 0 Å². The molecule has 1 fully saturated rings. The van der Waals surface area contributed by atoms with E-state index in [2.05, 4.69) is 20.2 Å². The molecule has 1 aromatic heterocycles. The van der Waals surface area contributed by atoms with Crippen molar-refractivity contribution in [1.82, 2.24) is 14.9 Å². The first-order valence-corrected chi connectivity index (χ1v) is 9.51. The number of ether oxygens (including phenoxy) is 1. The van der Waals surface area contributed by atoms with Gasteiger partial charge in [-0.05, 0) is 43.1 Å². The Bertz CT molecular complexity index is 922. The number of carbonyl (C=O) groups is 1. The van der Waals surface area contributed by atoms with Crippen LogP contribution in [-0.4, -0.2) is 40.5 Å². The van der Waals surface area contributed by atoms with E-state index in [1.165, 1.54) is 0 Å². The van der Waals surface area contributed by atoms with Crippen LogP contribution in [0.25, 0.3) is 11.1 Å². The molecule has 0 unspecified atom stereocenters. The lowest BCUT2D eigenvalue weighted by Crippen LogP contribution is -2.39. The molecule has 4 rings (SSSR count). The summed E-state index contributed by atoms with van der Waals surface area (Å²) in [6.07, 6.45) is 5.42. The molecule has 0 radical (unpaired) electrons. The molecule has 6 heteroatoms. The van der Waals surface area contributed by atoms with E-state index in [-0.39, 0.29) is 11.9 Å². The highest BCUT2D eigenvalue weighted by Crippen LogP contribution is 2.30. The van der Waals surface area contributed by atoms with Crippen molar-refractivity contribution in [1.29, 1.82) is 0 Å². The summed E-state index contributed by atoms with van der Waals surface area (Å²) in [5.41, 5.74) is 2.85. The second kappa shape index (κ2) is 8.27. The van der Waals surface area contributed by atoms with Crippen LogP contribution in [0, 0.1) is 0 Å². The number of nitrogens with one attached hydrogen (secondary N) is 2. The third-order valence-electron chi connectivity index (χ3n) is 5.16. The number of aromatic nitrogens is 2. The van der Waals surface area contributed by atoms with Crippen LogP contribution in [0.1, 0.15) is 18.7 Å². The number of hydrogen-bond acceptors (Lipinski definition) is 4. The number of para-hydroxylation sites is 1. The van der Waals surface area contributed by atoms with Crippen LogP contribution < -0.4 is 10.1 Å². The third-order valence-corrected chi connectivity index (χ3v) is 5.16. The van der Waals surface area contributed by atoms with Crippen molar-refractivity contribution in [2.75, 3.05) is 19.0 Å². The minimum atomic E-state index is -0.144. The predicted octanol–water partition coefficient (Wildman–Crippen LogP) is 3.69. The first-order valence-electron chi connectivity index (χ1n) is 9.51. The monoisotopic (exact) mass is 376 g/mol. The molecule has 2 heterocycles. The van der Waals surface area contributed by atoms with Crippen molar-refractivity contribution in [2.24, 2.45) is 0 Å². The number of amides is 1. The van der Waals surface area contributed by atoms with Crippen molar-refractivity contribution in [3.8, 4) is 16.9 Å². The summed E-state index contributed by atoms with van der Waals surface area (Å²) in [6.45, 7) is 1.56. The van der Waals surface area contributed by atoms with Gasteiger partial charge in [-0.3, -0.25) is 9.69 Å². The van der Waals surface area contributed by atoms with E-state index in [0.29, 0.717) is 6.54 Å². The van der Waals surface area contributed by atoms with E-state index < -0.39 is 0 Å². The van der Waals surface area contributed by atoms with Crippen molar-refractivity contribution >= 4 is 11.6 Å². The summed E-state index contributed by atoms with van der Waals surface area (Å²) in [5, 5.41) is 3.15. The smallest absolute Gasteiger partial charge is 0.241 e. The molecule has 2 aromatic carbocycles. The van der Waals surface area contributed by atoms with E-state index in [1.807, 2.05) is 54.7 Å². The molecule has 6 nitrogen and oxygen atoms in total. The van der Waals surface area contributed by atoms with Crippen molar-refractivity contribution in [3.63, 3.8) is 0 Å². The molecule has 0 aliphatic carbocycles. The lowest BCUT2D eigenvalue weighted by atomic mass is 10.0. The van der Waals surface area contributed by atoms with Gasteiger partial charge in [-0.15, -0.1) is 0 Å². The number of methoxy groups -OCH3 is 1. The highest BCUT2D eigenvalue weighted by molar-refractivity contribution is 5.98. The zero-order chi connectivity index (χ0) is 19.3. The molecule has 0 bridgehead atoms. The fraction of sp³-hybridized carbons (Fsp3) is 0.273. The fourth-order valence-corrected chi connectivity index (χ4v) is 3.72. The first-order chi connectivity index (χ1) is 13.7. The van der Waals surface area contributed by atoms with Gasteiger partial charge in [0.15, 0.2) is 0 Å². The number of imidazole rings is 1. The fourth-order valence-electron chi connectivity index (χ4n) is 3.72. The maximum atomic E-state index is 13.0. The number of rotatable bonds is 6.